The molecule has 0 saturated carbocycles. The molecule has 1 N–H and O–H groups in total. The Hall–Kier alpha value is -3.09. The SMILES string of the molecule is COc1cccc(CCC(=O)NCc2cc(OC)c(OC)c(OC)c2)c1OC. The number of nitrogens with one attached hydrogen (secondary N) is 1. The van der Waals surface area contributed by atoms with Crippen LogP contribution in [0, 0.1) is 0 Å². The van der Waals surface area contributed by atoms with Gasteiger partial charge in [0.2, 0.25) is 11.7 Å². The fourth-order valence-electron chi connectivity index (χ4n) is 2.93. The molecule has 1 amide bonds. The summed E-state index contributed by atoms with van der Waals surface area (Å²) in [4.78, 5) is 12.3. The molecule has 0 aliphatic carbocycles. The van der Waals surface area contributed by atoms with Crippen LogP contribution in [0.5, 0.6) is 28.7 Å². The zero-order valence-electron chi connectivity index (χ0n) is 17.0. The molecule has 2 aromatic carbocycles. The zero-order valence-corrected chi connectivity index (χ0v) is 17.0. The molecule has 152 valence electrons. The van der Waals surface area contributed by atoms with Gasteiger partial charge in [-0.15, -0.1) is 0 Å². The first-order valence-electron chi connectivity index (χ1n) is 8.83. The minimum absolute atomic E-state index is 0.0707. The third kappa shape index (κ3) is 5.00. The molecule has 0 fully saturated rings. The van der Waals surface area contributed by atoms with Crippen LogP contribution < -0.4 is 29.0 Å². The standard InChI is InChI=1S/C21H27NO6/c1-24-16-8-6-7-15(20(16)27-4)9-10-19(23)22-13-14-11-17(25-2)21(28-5)18(12-14)26-3/h6-8,11-12H,9-10,13H2,1-5H3,(H,22,23). The first-order valence-corrected chi connectivity index (χ1v) is 8.83. The summed E-state index contributed by atoms with van der Waals surface area (Å²) in [6, 6.07) is 9.25. The van der Waals surface area contributed by atoms with E-state index in [1.807, 2.05) is 30.3 Å². The first-order chi connectivity index (χ1) is 13.6. The molecule has 7 nitrogen and oxygen atoms in total. The molecule has 0 heterocycles. The molecule has 2 rings (SSSR count). The second-order valence-electron chi connectivity index (χ2n) is 5.96. The van der Waals surface area contributed by atoms with E-state index < -0.39 is 0 Å². The number of aryl methyl sites for hydroxylation is 1. The number of amides is 1. The smallest absolute Gasteiger partial charge is 0.220 e. The molecule has 0 aliphatic rings. The Morgan fingerprint density at radius 3 is 1.96 bits per heavy atom. The van der Waals surface area contributed by atoms with Crippen LogP contribution in [-0.2, 0) is 17.8 Å². The Morgan fingerprint density at radius 1 is 0.821 bits per heavy atom. The first kappa shape index (κ1) is 21.2. The van der Waals surface area contributed by atoms with E-state index in [0.29, 0.717) is 48.1 Å². The summed E-state index contributed by atoms with van der Waals surface area (Å²) >= 11 is 0. The van der Waals surface area contributed by atoms with Crippen molar-refractivity contribution in [1.29, 1.82) is 0 Å². The van der Waals surface area contributed by atoms with Crippen molar-refractivity contribution in [3.8, 4) is 28.7 Å². The van der Waals surface area contributed by atoms with E-state index >= 15 is 0 Å². The summed E-state index contributed by atoms with van der Waals surface area (Å²) in [6.07, 6.45) is 0.870. The van der Waals surface area contributed by atoms with Gasteiger partial charge in [0, 0.05) is 13.0 Å². The lowest BCUT2D eigenvalue weighted by Gasteiger charge is -2.15. The van der Waals surface area contributed by atoms with Gasteiger partial charge in [-0.25, -0.2) is 0 Å². The van der Waals surface area contributed by atoms with Gasteiger partial charge < -0.3 is 29.0 Å². The maximum Gasteiger partial charge on any atom is 0.220 e. The van der Waals surface area contributed by atoms with E-state index in [2.05, 4.69) is 5.32 Å². The van der Waals surface area contributed by atoms with E-state index in [1.54, 1.807) is 35.5 Å². The van der Waals surface area contributed by atoms with Gasteiger partial charge in [0.15, 0.2) is 23.0 Å². The van der Waals surface area contributed by atoms with Crippen molar-refractivity contribution in [1.82, 2.24) is 5.32 Å². The summed E-state index contributed by atoms with van der Waals surface area (Å²) in [5.74, 6) is 2.85. The number of carbonyl (C=O) groups excluding carboxylic acids is 1. The normalized spacial score (nSPS) is 10.2. The summed E-state index contributed by atoms with van der Waals surface area (Å²) in [5, 5.41) is 2.91. The van der Waals surface area contributed by atoms with Crippen LogP contribution >= 0.6 is 0 Å². The molecule has 0 spiro atoms. The van der Waals surface area contributed by atoms with Gasteiger partial charge in [0.25, 0.3) is 0 Å². The average molecular weight is 389 g/mol. The van der Waals surface area contributed by atoms with Gasteiger partial charge in [0.1, 0.15) is 0 Å². The van der Waals surface area contributed by atoms with Crippen LogP contribution in [0.3, 0.4) is 0 Å². The minimum atomic E-state index is -0.0707. The number of carbonyl (C=O) groups is 1. The highest BCUT2D eigenvalue weighted by Crippen LogP contribution is 2.38. The predicted molar refractivity (Wildman–Crippen MR) is 106 cm³/mol. The van der Waals surface area contributed by atoms with Crippen molar-refractivity contribution in [2.24, 2.45) is 0 Å². The number of para-hydroxylation sites is 1. The lowest BCUT2D eigenvalue weighted by atomic mass is 10.1. The molecule has 28 heavy (non-hydrogen) atoms. The Kier molecular flexibility index (Phi) is 7.80. The van der Waals surface area contributed by atoms with E-state index in [0.717, 1.165) is 11.1 Å². The number of rotatable bonds is 10. The third-order valence-electron chi connectivity index (χ3n) is 4.32. The lowest BCUT2D eigenvalue weighted by Crippen LogP contribution is -2.23. The highest BCUT2D eigenvalue weighted by Gasteiger charge is 2.14. The summed E-state index contributed by atoms with van der Waals surface area (Å²) in [5.41, 5.74) is 1.77. The lowest BCUT2D eigenvalue weighted by molar-refractivity contribution is -0.121. The topological polar surface area (TPSA) is 75.3 Å². The van der Waals surface area contributed by atoms with Gasteiger partial charge in [-0.1, -0.05) is 12.1 Å². The van der Waals surface area contributed by atoms with Crippen molar-refractivity contribution < 1.29 is 28.5 Å². The second kappa shape index (κ2) is 10.3. The fraction of sp³-hybridized carbons (Fsp3) is 0.381. The molecule has 7 heteroatoms. The van der Waals surface area contributed by atoms with Crippen LogP contribution in [0.2, 0.25) is 0 Å². The van der Waals surface area contributed by atoms with Crippen LogP contribution in [0.25, 0.3) is 0 Å². The zero-order chi connectivity index (χ0) is 20.5. The summed E-state index contributed by atoms with van der Waals surface area (Å²) in [6.45, 7) is 0.352. The number of methoxy groups -OCH3 is 5. The molecule has 0 aromatic heterocycles. The molecular weight excluding hydrogens is 362 g/mol. The van der Waals surface area contributed by atoms with Gasteiger partial charge in [-0.3, -0.25) is 4.79 Å². The molecule has 0 aliphatic heterocycles. The third-order valence-corrected chi connectivity index (χ3v) is 4.32. The Labute approximate surface area is 165 Å². The highest BCUT2D eigenvalue weighted by atomic mass is 16.5. The molecule has 2 aromatic rings. The Bertz CT molecular complexity index is 780. The molecular formula is C21H27NO6. The Balaban J connectivity index is 2.00. The van der Waals surface area contributed by atoms with Gasteiger partial charge in [-0.05, 0) is 35.7 Å². The van der Waals surface area contributed by atoms with Crippen LogP contribution in [0.15, 0.2) is 30.3 Å². The van der Waals surface area contributed by atoms with Gasteiger partial charge >= 0.3 is 0 Å². The van der Waals surface area contributed by atoms with Crippen LogP contribution in [0.4, 0.5) is 0 Å². The van der Waals surface area contributed by atoms with E-state index in [9.17, 15) is 4.79 Å². The van der Waals surface area contributed by atoms with Crippen molar-refractivity contribution in [3.63, 3.8) is 0 Å². The van der Waals surface area contributed by atoms with Crippen LogP contribution in [0.1, 0.15) is 17.5 Å². The van der Waals surface area contributed by atoms with Gasteiger partial charge in [-0.2, -0.15) is 0 Å². The maximum absolute atomic E-state index is 12.3. The number of hydrogen-bond donors (Lipinski definition) is 1. The van der Waals surface area contributed by atoms with Crippen molar-refractivity contribution in [2.45, 2.75) is 19.4 Å². The predicted octanol–water partition coefficient (Wildman–Crippen LogP) is 2.98. The number of ether oxygens (including phenoxy) is 5. The van der Waals surface area contributed by atoms with Crippen molar-refractivity contribution in [3.05, 3.63) is 41.5 Å². The van der Waals surface area contributed by atoms with E-state index in [-0.39, 0.29) is 5.91 Å². The number of hydrogen-bond acceptors (Lipinski definition) is 6. The monoisotopic (exact) mass is 389 g/mol. The molecule has 0 unspecified atom stereocenters. The van der Waals surface area contributed by atoms with Gasteiger partial charge in [0.05, 0.1) is 35.5 Å². The summed E-state index contributed by atoms with van der Waals surface area (Å²) < 4.78 is 26.7. The maximum atomic E-state index is 12.3. The average Bonchev–Trinajstić information content (AvgIpc) is 2.74. The molecule has 0 saturated heterocycles. The number of benzene rings is 2. The largest absolute Gasteiger partial charge is 0.493 e. The fourth-order valence-corrected chi connectivity index (χ4v) is 2.93. The van der Waals surface area contributed by atoms with Crippen molar-refractivity contribution >= 4 is 5.91 Å². The second-order valence-corrected chi connectivity index (χ2v) is 5.96. The molecule has 0 bridgehead atoms. The van der Waals surface area contributed by atoms with E-state index in [1.165, 1.54) is 0 Å². The molecule has 0 atom stereocenters. The Morgan fingerprint density at radius 2 is 1.43 bits per heavy atom. The van der Waals surface area contributed by atoms with E-state index in [4.69, 9.17) is 23.7 Å². The van der Waals surface area contributed by atoms with Crippen LogP contribution in [-0.4, -0.2) is 41.5 Å². The summed E-state index contributed by atoms with van der Waals surface area (Å²) in [7, 11) is 7.84. The quantitative estimate of drug-likeness (QED) is 0.673. The minimum Gasteiger partial charge on any atom is -0.493 e. The van der Waals surface area contributed by atoms with Crippen molar-refractivity contribution in [2.75, 3.05) is 35.5 Å². The highest BCUT2D eigenvalue weighted by molar-refractivity contribution is 5.76. The molecule has 0 radical (unpaired) electrons.